The minimum Gasteiger partial charge on any atom is -0.508 e. The summed E-state index contributed by atoms with van der Waals surface area (Å²) in [7, 11) is 0. The third-order valence-electron chi connectivity index (χ3n) is 1.98. The normalized spacial score (nSPS) is 18.9. The topological polar surface area (TPSA) is 46.5 Å². The van der Waals surface area contributed by atoms with Crippen LogP contribution in [0.25, 0.3) is 0 Å². The molecule has 0 aliphatic carbocycles. The fourth-order valence-electron chi connectivity index (χ4n) is 1.32. The van der Waals surface area contributed by atoms with E-state index in [1.165, 1.54) is 18.4 Å². The van der Waals surface area contributed by atoms with Gasteiger partial charge in [-0.05, 0) is 12.1 Å². The van der Waals surface area contributed by atoms with Crippen LogP contribution in [0.15, 0.2) is 30.5 Å². The monoisotopic (exact) mass is 176 g/mol. The number of hydrogen-bond acceptors (Lipinski definition) is 3. The van der Waals surface area contributed by atoms with Crippen molar-refractivity contribution in [2.24, 2.45) is 0 Å². The average Bonchev–Trinajstić information content (AvgIpc) is 2.16. The zero-order chi connectivity index (χ0) is 9.26. The second kappa shape index (κ2) is 2.94. The average molecular weight is 176 g/mol. The molecule has 0 bridgehead atoms. The van der Waals surface area contributed by atoms with Gasteiger partial charge in [-0.3, -0.25) is 0 Å². The number of benzene rings is 1. The van der Waals surface area contributed by atoms with Gasteiger partial charge < -0.3 is 14.6 Å². The number of rotatable bonds is 1. The summed E-state index contributed by atoms with van der Waals surface area (Å²) >= 11 is 0. The van der Waals surface area contributed by atoms with Crippen LogP contribution >= 0.6 is 0 Å². The molecule has 66 valence electrons. The molecule has 0 saturated carbocycles. The van der Waals surface area contributed by atoms with Crippen molar-refractivity contribution in [2.75, 3.05) is 0 Å². The van der Waals surface area contributed by atoms with Gasteiger partial charge in [0.1, 0.15) is 17.8 Å². The predicted molar refractivity (Wildman–Crippen MR) is 46.7 cm³/mol. The highest BCUT2D eigenvalue weighted by Crippen LogP contribution is 2.33. The van der Waals surface area contributed by atoms with Gasteiger partial charge >= 0.3 is 0 Å². The van der Waals surface area contributed by atoms with Gasteiger partial charge in [-0.2, -0.15) is 0 Å². The lowest BCUT2D eigenvalue weighted by Crippen LogP contribution is -2.04. The summed E-state index contributed by atoms with van der Waals surface area (Å²) in [4.78, 5) is 10.6. The highest BCUT2D eigenvalue weighted by atomic mass is 16.5. The van der Waals surface area contributed by atoms with E-state index in [9.17, 15) is 4.79 Å². The van der Waals surface area contributed by atoms with E-state index in [1.807, 2.05) is 0 Å². The van der Waals surface area contributed by atoms with Crippen molar-refractivity contribution in [3.05, 3.63) is 36.1 Å². The smallest absolute Gasteiger partial charge is 0.134 e. The number of carbonyl (C=O) groups excluding carboxylic acids is 1. The number of aromatic hydroxyl groups is 1. The van der Waals surface area contributed by atoms with Crippen LogP contribution in [0.2, 0.25) is 0 Å². The molecule has 0 saturated heterocycles. The largest absolute Gasteiger partial charge is 0.508 e. The van der Waals surface area contributed by atoms with E-state index < -0.39 is 0 Å². The van der Waals surface area contributed by atoms with Gasteiger partial charge in [0.25, 0.3) is 0 Å². The summed E-state index contributed by atoms with van der Waals surface area (Å²) in [5.74, 6) is 0.419. The molecule has 1 unspecified atom stereocenters. The molecule has 0 spiro atoms. The third kappa shape index (κ3) is 1.28. The maximum absolute atomic E-state index is 10.6. The Morgan fingerprint density at radius 1 is 1.46 bits per heavy atom. The van der Waals surface area contributed by atoms with E-state index in [4.69, 9.17) is 9.84 Å². The number of aldehydes is 1. The van der Waals surface area contributed by atoms with Gasteiger partial charge in [0.05, 0.1) is 12.2 Å². The molecule has 1 aromatic carbocycles. The maximum Gasteiger partial charge on any atom is 0.134 e. The van der Waals surface area contributed by atoms with Gasteiger partial charge in [-0.25, -0.2) is 0 Å². The molecule has 3 heteroatoms. The second-order valence-electron chi connectivity index (χ2n) is 2.83. The molecule has 2 rings (SSSR count). The van der Waals surface area contributed by atoms with Crippen LogP contribution in [0, 0.1) is 0 Å². The van der Waals surface area contributed by atoms with Gasteiger partial charge in [-0.1, -0.05) is 6.07 Å². The fourth-order valence-corrected chi connectivity index (χ4v) is 1.32. The van der Waals surface area contributed by atoms with E-state index in [1.54, 1.807) is 12.1 Å². The molecule has 1 aromatic rings. The standard InChI is InChI=1S/C10H8O3/c11-6-7-3-4-13-10-5-8(12)1-2-9(7)10/h1-7,12H. The Labute approximate surface area is 75.3 Å². The highest BCUT2D eigenvalue weighted by molar-refractivity contribution is 5.68. The first kappa shape index (κ1) is 7.86. The number of allylic oxidation sites excluding steroid dienone is 1. The first-order chi connectivity index (χ1) is 6.31. The summed E-state index contributed by atoms with van der Waals surface area (Å²) in [5.41, 5.74) is 0.787. The van der Waals surface area contributed by atoms with Crippen molar-refractivity contribution < 1.29 is 14.6 Å². The van der Waals surface area contributed by atoms with Crippen LogP contribution < -0.4 is 4.74 Å². The fraction of sp³-hybridized carbons (Fsp3) is 0.100. The Morgan fingerprint density at radius 3 is 3.08 bits per heavy atom. The molecule has 1 aliphatic heterocycles. The van der Waals surface area contributed by atoms with E-state index in [2.05, 4.69) is 0 Å². The predicted octanol–water partition coefficient (Wildman–Crippen LogP) is 1.58. The molecule has 0 fully saturated rings. The molecular weight excluding hydrogens is 168 g/mol. The van der Waals surface area contributed by atoms with Gasteiger partial charge in [0.2, 0.25) is 0 Å². The summed E-state index contributed by atoms with van der Waals surface area (Å²) in [5, 5.41) is 9.15. The number of phenolic OH excluding ortho intramolecular Hbond substituents is 1. The molecular formula is C10H8O3. The van der Waals surface area contributed by atoms with Crippen LogP contribution in [0.3, 0.4) is 0 Å². The number of carbonyl (C=O) groups is 1. The maximum atomic E-state index is 10.6. The Kier molecular flexibility index (Phi) is 1.77. The first-order valence-corrected chi connectivity index (χ1v) is 3.93. The van der Waals surface area contributed by atoms with Crippen LogP contribution in [0.1, 0.15) is 11.5 Å². The van der Waals surface area contributed by atoms with Crippen molar-refractivity contribution in [3.63, 3.8) is 0 Å². The number of phenols is 1. The number of fused-ring (bicyclic) bond motifs is 1. The molecule has 1 atom stereocenters. The van der Waals surface area contributed by atoms with Crippen molar-refractivity contribution in [1.82, 2.24) is 0 Å². The minimum atomic E-state index is -0.260. The molecule has 0 aromatic heterocycles. The summed E-state index contributed by atoms with van der Waals surface area (Å²) in [6.07, 6.45) is 3.97. The Bertz CT molecular complexity index is 368. The number of hydrogen-bond donors (Lipinski definition) is 1. The molecule has 13 heavy (non-hydrogen) atoms. The molecule has 1 heterocycles. The van der Waals surface area contributed by atoms with Gasteiger partial charge in [0, 0.05) is 11.6 Å². The zero-order valence-electron chi connectivity index (χ0n) is 6.81. The first-order valence-electron chi connectivity index (χ1n) is 3.93. The SMILES string of the molecule is O=CC1C=COc2cc(O)ccc21. The molecule has 1 N–H and O–H groups in total. The summed E-state index contributed by atoms with van der Waals surface area (Å²) in [6, 6.07) is 4.72. The summed E-state index contributed by atoms with van der Waals surface area (Å²) in [6.45, 7) is 0. The Morgan fingerprint density at radius 2 is 2.31 bits per heavy atom. The Balaban J connectivity index is 2.50. The Hall–Kier alpha value is -1.77. The van der Waals surface area contributed by atoms with Crippen molar-refractivity contribution in [1.29, 1.82) is 0 Å². The van der Waals surface area contributed by atoms with Crippen LogP contribution in [-0.4, -0.2) is 11.4 Å². The van der Waals surface area contributed by atoms with Crippen molar-refractivity contribution in [3.8, 4) is 11.5 Å². The second-order valence-corrected chi connectivity index (χ2v) is 2.83. The lowest BCUT2D eigenvalue weighted by molar-refractivity contribution is -0.108. The van der Waals surface area contributed by atoms with Crippen LogP contribution in [0.5, 0.6) is 11.5 Å². The molecule has 1 aliphatic rings. The minimum absolute atomic E-state index is 0.138. The zero-order valence-corrected chi connectivity index (χ0v) is 6.81. The molecule has 0 radical (unpaired) electrons. The summed E-state index contributed by atoms with van der Waals surface area (Å²) < 4.78 is 5.14. The lowest BCUT2D eigenvalue weighted by Gasteiger charge is -2.16. The van der Waals surface area contributed by atoms with E-state index in [-0.39, 0.29) is 11.7 Å². The lowest BCUT2D eigenvalue weighted by atomic mass is 9.98. The van der Waals surface area contributed by atoms with E-state index in [0.29, 0.717) is 5.75 Å². The number of ether oxygens (including phenoxy) is 1. The quantitative estimate of drug-likeness (QED) is 0.661. The molecule has 0 amide bonds. The van der Waals surface area contributed by atoms with Crippen molar-refractivity contribution in [2.45, 2.75) is 5.92 Å². The van der Waals surface area contributed by atoms with Gasteiger partial charge in [-0.15, -0.1) is 0 Å². The highest BCUT2D eigenvalue weighted by Gasteiger charge is 2.16. The van der Waals surface area contributed by atoms with Crippen molar-refractivity contribution >= 4 is 6.29 Å². The van der Waals surface area contributed by atoms with Crippen LogP contribution in [0.4, 0.5) is 0 Å². The third-order valence-corrected chi connectivity index (χ3v) is 1.98. The van der Waals surface area contributed by atoms with Gasteiger partial charge in [0.15, 0.2) is 0 Å². The van der Waals surface area contributed by atoms with E-state index in [0.717, 1.165) is 11.8 Å². The van der Waals surface area contributed by atoms with Crippen LogP contribution in [-0.2, 0) is 4.79 Å². The molecule has 3 nitrogen and oxygen atoms in total. The van der Waals surface area contributed by atoms with E-state index >= 15 is 0 Å².